The fourth-order valence-electron chi connectivity index (χ4n) is 2.81. The molecule has 2 aliphatic rings. The van der Waals surface area contributed by atoms with Crippen molar-refractivity contribution in [2.24, 2.45) is 0 Å². The van der Waals surface area contributed by atoms with E-state index in [4.69, 9.17) is 21.1 Å². The summed E-state index contributed by atoms with van der Waals surface area (Å²) in [6, 6.07) is 6.09. The second-order valence-electron chi connectivity index (χ2n) is 4.98. The van der Waals surface area contributed by atoms with Crippen molar-refractivity contribution in [3.8, 4) is 0 Å². The predicted molar refractivity (Wildman–Crippen MR) is 72.3 cm³/mol. The van der Waals surface area contributed by atoms with Crippen molar-refractivity contribution in [3.05, 3.63) is 28.8 Å². The van der Waals surface area contributed by atoms with Gasteiger partial charge in [-0.15, -0.1) is 0 Å². The van der Waals surface area contributed by atoms with Gasteiger partial charge in [0.1, 0.15) is 0 Å². The van der Waals surface area contributed by atoms with E-state index in [-0.39, 0.29) is 5.79 Å². The molecule has 2 fully saturated rings. The van der Waals surface area contributed by atoms with Gasteiger partial charge in [-0.25, -0.2) is 0 Å². The molecular weight excluding hydrogens is 250 g/mol. The van der Waals surface area contributed by atoms with E-state index < -0.39 is 0 Å². The molecule has 0 saturated carbocycles. The largest absolute Gasteiger partial charge is 0.371 e. The lowest BCUT2D eigenvalue weighted by atomic mass is 10.0. The SMILES string of the molecule is Cc1c(Cl)cccc1N1CCC2(CC1)OCCO2. The number of halogens is 1. The lowest BCUT2D eigenvalue weighted by molar-refractivity contribution is -0.169. The fraction of sp³-hybridized carbons (Fsp3) is 0.571. The summed E-state index contributed by atoms with van der Waals surface area (Å²) in [5, 5.41) is 0.834. The highest BCUT2D eigenvalue weighted by atomic mass is 35.5. The van der Waals surface area contributed by atoms with Crippen LogP contribution in [-0.4, -0.2) is 32.1 Å². The summed E-state index contributed by atoms with van der Waals surface area (Å²) in [6.45, 7) is 5.46. The summed E-state index contributed by atoms with van der Waals surface area (Å²) in [6.07, 6.45) is 1.86. The van der Waals surface area contributed by atoms with Crippen LogP contribution in [0.2, 0.25) is 5.02 Å². The van der Waals surface area contributed by atoms with Gasteiger partial charge in [0.15, 0.2) is 5.79 Å². The number of benzene rings is 1. The van der Waals surface area contributed by atoms with Crippen LogP contribution in [0.4, 0.5) is 5.69 Å². The molecule has 1 aromatic carbocycles. The average molecular weight is 268 g/mol. The van der Waals surface area contributed by atoms with Crippen LogP contribution in [-0.2, 0) is 9.47 Å². The number of rotatable bonds is 1. The van der Waals surface area contributed by atoms with Crippen LogP contribution in [0.3, 0.4) is 0 Å². The van der Waals surface area contributed by atoms with E-state index in [0.29, 0.717) is 0 Å². The first-order valence-electron chi connectivity index (χ1n) is 6.48. The molecule has 0 radical (unpaired) electrons. The third-order valence-corrected chi connectivity index (χ3v) is 4.33. The molecule has 18 heavy (non-hydrogen) atoms. The summed E-state index contributed by atoms with van der Waals surface area (Å²) < 4.78 is 11.5. The molecule has 0 atom stereocenters. The highest BCUT2D eigenvalue weighted by molar-refractivity contribution is 6.31. The molecular formula is C14H18ClNO2. The Morgan fingerprint density at radius 1 is 1.17 bits per heavy atom. The number of hydrogen-bond donors (Lipinski definition) is 0. The van der Waals surface area contributed by atoms with E-state index in [1.54, 1.807) is 0 Å². The summed E-state index contributed by atoms with van der Waals surface area (Å²) in [5.74, 6) is -0.303. The quantitative estimate of drug-likeness (QED) is 0.781. The van der Waals surface area contributed by atoms with E-state index in [9.17, 15) is 0 Å². The topological polar surface area (TPSA) is 21.7 Å². The summed E-state index contributed by atoms with van der Waals surface area (Å²) in [4.78, 5) is 2.37. The highest BCUT2D eigenvalue weighted by Crippen LogP contribution is 2.35. The Morgan fingerprint density at radius 3 is 2.50 bits per heavy atom. The second kappa shape index (κ2) is 4.72. The minimum Gasteiger partial charge on any atom is -0.371 e. The molecule has 4 heteroatoms. The molecule has 2 aliphatic heterocycles. The van der Waals surface area contributed by atoms with Crippen molar-refractivity contribution >= 4 is 17.3 Å². The summed E-state index contributed by atoms with van der Waals surface area (Å²) in [5.41, 5.74) is 2.39. The average Bonchev–Trinajstić information content (AvgIpc) is 2.83. The molecule has 3 rings (SSSR count). The molecule has 0 aliphatic carbocycles. The van der Waals surface area contributed by atoms with Gasteiger partial charge in [-0.3, -0.25) is 0 Å². The lowest BCUT2D eigenvalue weighted by Crippen LogP contribution is -2.45. The van der Waals surface area contributed by atoms with Crippen LogP contribution < -0.4 is 4.90 Å². The van der Waals surface area contributed by atoms with Gasteiger partial charge in [-0.05, 0) is 24.6 Å². The van der Waals surface area contributed by atoms with E-state index >= 15 is 0 Å². The Balaban J connectivity index is 1.74. The maximum atomic E-state index is 6.18. The Bertz CT molecular complexity index is 433. The number of nitrogens with zero attached hydrogens (tertiary/aromatic N) is 1. The van der Waals surface area contributed by atoms with E-state index in [2.05, 4.69) is 17.9 Å². The number of piperidine rings is 1. The minimum absolute atomic E-state index is 0.303. The molecule has 2 saturated heterocycles. The zero-order chi connectivity index (χ0) is 12.6. The molecule has 0 N–H and O–H groups in total. The minimum atomic E-state index is -0.303. The first-order valence-corrected chi connectivity index (χ1v) is 6.86. The second-order valence-corrected chi connectivity index (χ2v) is 5.39. The van der Waals surface area contributed by atoms with Gasteiger partial charge in [0.05, 0.1) is 13.2 Å². The van der Waals surface area contributed by atoms with Gasteiger partial charge in [0.2, 0.25) is 0 Å². The molecule has 0 unspecified atom stereocenters. The van der Waals surface area contributed by atoms with Crippen molar-refractivity contribution in [2.75, 3.05) is 31.2 Å². The van der Waals surface area contributed by atoms with Gasteiger partial charge in [0.25, 0.3) is 0 Å². The Morgan fingerprint density at radius 2 is 1.83 bits per heavy atom. The zero-order valence-corrected chi connectivity index (χ0v) is 11.4. The van der Waals surface area contributed by atoms with Gasteiger partial charge in [-0.1, -0.05) is 17.7 Å². The molecule has 0 bridgehead atoms. The standard InChI is InChI=1S/C14H18ClNO2/c1-11-12(15)3-2-4-13(11)16-7-5-14(6-8-16)17-9-10-18-14/h2-4H,5-10H2,1H3. The predicted octanol–water partition coefficient (Wildman–Crippen LogP) is 2.99. The first kappa shape index (κ1) is 12.3. The first-order chi connectivity index (χ1) is 8.70. The van der Waals surface area contributed by atoms with Crippen LogP contribution in [0.15, 0.2) is 18.2 Å². The van der Waals surface area contributed by atoms with Crippen molar-refractivity contribution in [2.45, 2.75) is 25.6 Å². The van der Waals surface area contributed by atoms with E-state index in [0.717, 1.165) is 49.7 Å². The molecule has 98 valence electrons. The highest BCUT2D eigenvalue weighted by Gasteiger charge is 2.39. The normalized spacial score (nSPS) is 22.7. The van der Waals surface area contributed by atoms with Gasteiger partial charge >= 0.3 is 0 Å². The van der Waals surface area contributed by atoms with Crippen LogP contribution in [0, 0.1) is 6.92 Å². The maximum Gasteiger partial charge on any atom is 0.171 e. The lowest BCUT2D eigenvalue weighted by Gasteiger charge is -2.39. The van der Waals surface area contributed by atoms with Crippen LogP contribution in [0.25, 0.3) is 0 Å². The third kappa shape index (κ3) is 2.11. The summed E-state index contributed by atoms with van der Waals surface area (Å²) >= 11 is 6.18. The van der Waals surface area contributed by atoms with Gasteiger partial charge in [-0.2, -0.15) is 0 Å². The number of ether oxygens (including phenoxy) is 2. The maximum absolute atomic E-state index is 6.18. The van der Waals surface area contributed by atoms with Crippen molar-refractivity contribution < 1.29 is 9.47 Å². The zero-order valence-electron chi connectivity index (χ0n) is 10.6. The van der Waals surface area contributed by atoms with Crippen LogP contribution in [0.1, 0.15) is 18.4 Å². The molecule has 1 spiro atoms. The van der Waals surface area contributed by atoms with Crippen LogP contribution in [0.5, 0.6) is 0 Å². The smallest absolute Gasteiger partial charge is 0.171 e. The third-order valence-electron chi connectivity index (χ3n) is 3.92. The van der Waals surface area contributed by atoms with Crippen LogP contribution >= 0.6 is 11.6 Å². The number of hydrogen-bond acceptors (Lipinski definition) is 3. The molecule has 1 aromatic rings. The molecule has 2 heterocycles. The van der Waals surface area contributed by atoms with E-state index in [1.807, 2.05) is 12.1 Å². The molecule has 0 amide bonds. The molecule has 3 nitrogen and oxygen atoms in total. The summed E-state index contributed by atoms with van der Waals surface area (Å²) in [7, 11) is 0. The van der Waals surface area contributed by atoms with Crippen molar-refractivity contribution in [3.63, 3.8) is 0 Å². The van der Waals surface area contributed by atoms with Gasteiger partial charge < -0.3 is 14.4 Å². The monoisotopic (exact) mass is 267 g/mol. The molecule has 0 aromatic heterocycles. The van der Waals surface area contributed by atoms with E-state index in [1.165, 1.54) is 5.69 Å². The number of anilines is 1. The Labute approximate surface area is 113 Å². The Hall–Kier alpha value is -0.770. The fourth-order valence-corrected chi connectivity index (χ4v) is 2.98. The van der Waals surface area contributed by atoms with Gasteiger partial charge in [0, 0.05) is 36.6 Å². The van der Waals surface area contributed by atoms with Crippen molar-refractivity contribution in [1.29, 1.82) is 0 Å². The van der Waals surface area contributed by atoms with Crippen molar-refractivity contribution in [1.82, 2.24) is 0 Å². The Kier molecular flexibility index (Phi) is 3.22.